The Kier molecular flexibility index (Phi) is 6.10. The van der Waals surface area contributed by atoms with Crippen molar-refractivity contribution in [3.8, 4) is 22.9 Å². The average molecular weight is 406 g/mol. The first-order valence-corrected chi connectivity index (χ1v) is 8.68. The van der Waals surface area contributed by atoms with E-state index in [2.05, 4.69) is 15.5 Å². The lowest BCUT2D eigenvalue weighted by atomic mass is 10.2. The summed E-state index contributed by atoms with van der Waals surface area (Å²) < 4.78 is 28.8. The van der Waals surface area contributed by atoms with Gasteiger partial charge in [-0.15, -0.1) is 0 Å². The zero-order valence-corrected chi connectivity index (χ0v) is 15.9. The van der Waals surface area contributed by atoms with Crippen molar-refractivity contribution < 1.29 is 23.2 Å². The van der Waals surface area contributed by atoms with Crippen molar-refractivity contribution in [2.24, 2.45) is 0 Å². The smallest absolute Gasteiger partial charge is 0.227 e. The molecule has 0 fully saturated rings. The third-order valence-electron chi connectivity index (χ3n) is 3.88. The van der Waals surface area contributed by atoms with Crippen LogP contribution in [0, 0.1) is 5.82 Å². The van der Waals surface area contributed by atoms with E-state index in [4.69, 9.17) is 25.6 Å². The molecule has 28 heavy (non-hydrogen) atoms. The van der Waals surface area contributed by atoms with Gasteiger partial charge in [-0.25, -0.2) is 4.39 Å². The molecule has 0 unspecified atom stereocenters. The topological polar surface area (TPSA) is 86.5 Å². The summed E-state index contributed by atoms with van der Waals surface area (Å²) in [5.74, 6) is 0.997. The summed E-state index contributed by atoms with van der Waals surface area (Å²) in [6.07, 6.45) is 0.365. The number of aromatic nitrogens is 2. The quantitative estimate of drug-likeness (QED) is 0.636. The lowest BCUT2D eigenvalue weighted by molar-refractivity contribution is -0.116. The SMILES string of the molecule is COc1ccc(-c2noc(CCC(=O)Nc3ccc(F)c(Cl)c3)n2)cc1OC. The van der Waals surface area contributed by atoms with Crippen molar-refractivity contribution in [1.82, 2.24) is 10.1 Å². The summed E-state index contributed by atoms with van der Waals surface area (Å²) in [6, 6.07) is 9.22. The Morgan fingerprint density at radius 3 is 2.68 bits per heavy atom. The number of carbonyl (C=O) groups is 1. The highest BCUT2D eigenvalue weighted by Crippen LogP contribution is 2.31. The molecule has 2 aromatic carbocycles. The number of aryl methyl sites for hydroxylation is 1. The number of anilines is 1. The number of nitrogens with one attached hydrogen (secondary N) is 1. The molecular weight excluding hydrogens is 389 g/mol. The third-order valence-corrected chi connectivity index (χ3v) is 4.17. The van der Waals surface area contributed by atoms with Crippen LogP contribution in [-0.2, 0) is 11.2 Å². The molecule has 0 aliphatic rings. The largest absolute Gasteiger partial charge is 0.493 e. The van der Waals surface area contributed by atoms with Crippen LogP contribution in [-0.4, -0.2) is 30.3 Å². The van der Waals surface area contributed by atoms with Crippen molar-refractivity contribution >= 4 is 23.2 Å². The van der Waals surface area contributed by atoms with Crippen LogP contribution in [0.15, 0.2) is 40.9 Å². The Morgan fingerprint density at radius 2 is 1.96 bits per heavy atom. The van der Waals surface area contributed by atoms with Crippen LogP contribution < -0.4 is 14.8 Å². The average Bonchev–Trinajstić information content (AvgIpc) is 3.17. The second kappa shape index (κ2) is 8.71. The minimum atomic E-state index is -0.548. The Balaban J connectivity index is 1.61. The van der Waals surface area contributed by atoms with Crippen molar-refractivity contribution in [1.29, 1.82) is 0 Å². The standard InChI is InChI=1S/C19H17ClFN3O4/c1-26-15-6-3-11(9-16(15)27-2)19-23-18(28-24-19)8-7-17(25)22-12-4-5-14(21)13(20)10-12/h3-6,9-10H,7-8H2,1-2H3,(H,22,25). The van der Waals surface area contributed by atoms with Gasteiger partial charge >= 0.3 is 0 Å². The summed E-state index contributed by atoms with van der Waals surface area (Å²) >= 11 is 5.70. The van der Waals surface area contributed by atoms with Gasteiger partial charge in [0.05, 0.1) is 19.2 Å². The van der Waals surface area contributed by atoms with Crippen LogP contribution in [0.4, 0.5) is 10.1 Å². The monoisotopic (exact) mass is 405 g/mol. The first-order chi connectivity index (χ1) is 13.5. The molecule has 0 saturated heterocycles. The fourth-order valence-corrected chi connectivity index (χ4v) is 2.65. The van der Waals surface area contributed by atoms with Gasteiger partial charge in [0.2, 0.25) is 17.6 Å². The van der Waals surface area contributed by atoms with Gasteiger partial charge in [0, 0.05) is 24.1 Å². The van der Waals surface area contributed by atoms with Gasteiger partial charge in [0.1, 0.15) is 5.82 Å². The minimum absolute atomic E-state index is 0.0609. The molecule has 0 bridgehead atoms. The number of rotatable bonds is 7. The molecule has 1 amide bonds. The molecular formula is C19H17ClFN3O4. The first kappa shape index (κ1) is 19.6. The maximum atomic E-state index is 13.2. The highest BCUT2D eigenvalue weighted by Gasteiger charge is 2.13. The first-order valence-electron chi connectivity index (χ1n) is 8.30. The second-order valence-corrected chi connectivity index (χ2v) is 6.17. The number of hydrogen-bond acceptors (Lipinski definition) is 6. The maximum Gasteiger partial charge on any atom is 0.227 e. The van der Waals surface area contributed by atoms with Gasteiger partial charge in [-0.05, 0) is 36.4 Å². The molecule has 1 aromatic heterocycles. The zero-order valence-electron chi connectivity index (χ0n) is 15.2. The number of halogens is 2. The highest BCUT2D eigenvalue weighted by molar-refractivity contribution is 6.31. The summed E-state index contributed by atoms with van der Waals surface area (Å²) in [6.45, 7) is 0. The number of ether oxygens (including phenoxy) is 2. The molecule has 0 spiro atoms. The molecule has 0 aliphatic heterocycles. The maximum absolute atomic E-state index is 13.2. The van der Waals surface area contributed by atoms with Crippen LogP contribution >= 0.6 is 11.6 Å². The van der Waals surface area contributed by atoms with E-state index in [1.54, 1.807) is 25.3 Å². The number of benzene rings is 2. The molecule has 1 heterocycles. The van der Waals surface area contributed by atoms with Crippen molar-refractivity contribution in [2.75, 3.05) is 19.5 Å². The predicted octanol–water partition coefficient (Wildman–Crippen LogP) is 4.12. The molecule has 3 rings (SSSR count). The molecule has 1 N–H and O–H groups in total. The van der Waals surface area contributed by atoms with E-state index < -0.39 is 5.82 Å². The van der Waals surface area contributed by atoms with E-state index >= 15 is 0 Å². The van der Waals surface area contributed by atoms with Crippen LogP contribution in [0.25, 0.3) is 11.4 Å². The van der Waals surface area contributed by atoms with Crippen LogP contribution in [0.3, 0.4) is 0 Å². The van der Waals surface area contributed by atoms with E-state index in [1.807, 2.05) is 0 Å². The number of carbonyl (C=O) groups excluding carboxylic acids is 1. The summed E-state index contributed by atoms with van der Waals surface area (Å²) in [5.41, 5.74) is 1.10. The number of amides is 1. The second-order valence-electron chi connectivity index (χ2n) is 5.76. The van der Waals surface area contributed by atoms with Crippen molar-refractivity contribution in [3.05, 3.63) is 53.1 Å². The third kappa shape index (κ3) is 4.58. The Morgan fingerprint density at radius 1 is 1.18 bits per heavy atom. The summed E-state index contributed by atoms with van der Waals surface area (Å²) in [4.78, 5) is 16.3. The van der Waals surface area contributed by atoms with Crippen LogP contribution in [0.5, 0.6) is 11.5 Å². The zero-order chi connectivity index (χ0) is 20.1. The fraction of sp³-hybridized carbons (Fsp3) is 0.211. The Labute approximate surface area is 165 Å². The van der Waals surface area contributed by atoms with E-state index in [0.717, 1.165) is 0 Å². The van der Waals surface area contributed by atoms with E-state index in [0.29, 0.717) is 34.5 Å². The molecule has 0 radical (unpaired) electrons. The van der Waals surface area contributed by atoms with Crippen LogP contribution in [0.1, 0.15) is 12.3 Å². The summed E-state index contributed by atoms with van der Waals surface area (Å²) in [5, 5.41) is 6.50. The minimum Gasteiger partial charge on any atom is -0.493 e. The molecule has 0 saturated carbocycles. The van der Waals surface area contributed by atoms with E-state index in [1.165, 1.54) is 25.3 Å². The Hall–Kier alpha value is -3.13. The van der Waals surface area contributed by atoms with Gasteiger partial charge in [-0.1, -0.05) is 16.8 Å². The summed E-state index contributed by atoms with van der Waals surface area (Å²) in [7, 11) is 3.09. The highest BCUT2D eigenvalue weighted by atomic mass is 35.5. The predicted molar refractivity (Wildman–Crippen MR) is 101 cm³/mol. The molecule has 3 aromatic rings. The van der Waals surface area contributed by atoms with Gasteiger partial charge in [0.25, 0.3) is 0 Å². The number of hydrogen-bond donors (Lipinski definition) is 1. The van der Waals surface area contributed by atoms with Gasteiger partial charge in [-0.3, -0.25) is 4.79 Å². The van der Waals surface area contributed by atoms with Crippen molar-refractivity contribution in [2.45, 2.75) is 12.8 Å². The molecule has 0 aliphatic carbocycles. The molecule has 9 heteroatoms. The van der Waals surface area contributed by atoms with E-state index in [-0.39, 0.29) is 23.8 Å². The fourth-order valence-electron chi connectivity index (χ4n) is 2.47. The molecule has 0 atom stereocenters. The van der Waals surface area contributed by atoms with Gasteiger partial charge in [0.15, 0.2) is 11.5 Å². The lowest BCUT2D eigenvalue weighted by Gasteiger charge is -2.07. The molecule has 146 valence electrons. The molecule has 7 nitrogen and oxygen atoms in total. The normalized spacial score (nSPS) is 10.6. The number of nitrogens with zero attached hydrogens (tertiary/aromatic N) is 2. The van der Waals surface area contributed by atoms with Crippen molar-refractivity contribution in [3.63, 3.8) is 0 Å². The van der Waals surface area contributed by atoms with E-state index in [9.17, 15) is 9.18 Å². The van der Waals surface area contributed by atoms with Gasteiger partial charge < -0.3 is 19.3 Å². The lowest BCUT2D eigenvalue weighted by Crippen LogP contribution is -2.12. The number of methoxy groups -OCH3 is 2. The Bertz CT molecular complexity index is 993. The van der Waals surface area contributed by atoms with Crippen LogP contribution in [0.2, 0.25) is 5.02 Å². The van der Waals surface area contributed by atoms with Gasteiger partial charge in [-0.2, -0.15) is 4.98 Å².